The van der Waals surface area contributed by atoms with Crippen molar-refractivity contribution >= 4 is 26.0 Å². The number of carbonyl (C=O) groups is 2. The largest absolute Gasteiger partial charge is 0.489 e. The molecule has 0 spiro atoms. The number of nitrogens with zero attached hydrogens (tertiary/aromatic N) is 1. The fourth-order valence-corrected chi connectivity index (χ4v) is 7.69. The molecular formula is C43H44F2N2O5Si. The highest BCUT2D eigenvalue weighted by molar-refractivity contribution is 6.69. The minimum absolute atomic E-state index is 0.0295. The number of rotatable bonds is 15. The Balaban J connectivity index is 1.38. The Kier molecular flexibility index (Phi) is 12.0. The molecule has 1 aliphatic rings. The first kappa shape index (κ1) is 37.4. The fraction of sp³-hybridized carbons (Fsp3) is 0.256. The zero-order valence-electron chi connectivity index (χ0n) is 30.1. The molecule has 1 fully saturated rings. The number of halogens is 2. The molecule has 1 aliphatic heterocycles. The molecule has 1 heterocycles. The van der Waals surface area contributed by atoms with E-state index in [-0.39, 0.29) is 18.8 Å². The van der Waals surface area contributed by atoms with Gasteiger partial charge in [-0.3, -0.25) is 4.79 Å². The van der Waals surface area contributed by atoms with Crippen LogP contribution in [0.15, 0.2) is 133 Å². The Hall–Kier alpha value is -5.32. The van der Waals surface area contributed by atoms with Gasteiger partial charge in [0.25, 0.3) is 0 Å². The zero-order chi connectivity index (χ0) is 37.4. The lowest BCUT2D eigenvalue weighted by molar-refractivity contribution is -0.134. The van der Waals surface area contributed by atoms with E-state index in [2.05, 4.69) is 25.0 Å². The molecule has 0 aromatic heterocycles. The average Bonchev–Trinajstić information content (AvgIpc) is 3.55. The minimum atomic E-state index is -2.13. The number of benzene rings is 5. The normalized spacial score (nSPS) is 16.1. The summed E-state index contributed by atoms with van der Waals surface area (Å²) in [6.07, 6.45) is -0.479. The molecule has 1 saturated heterocycles. The van der Waals surface area contributed by atoms with E-state index in [0.717, 1.165) is 22.3 Å². The van der Waals surface area contributed by atoms with Crippen molar-refractivity contribution in [2.45, 2.75) is 57.3 Å². The number of hydrogen-bond donors (Lipinski definition) is 1. The molecule has 5 aromatic carbocycles. The molecule has 1 N–H and O–H groups in total. The van der Waals surface area contributed by atoms with Gasteiger partial charge < -0.3 is 19.2 Å². The summed E-state index contributed by atoms with van der Waals surface area (Å²) < 4.78 is 46.3. The summed E-state index contributed by atoms with van der Waals surface area (Å²) in [7, 11) is -2.13. The highest BCUT2D eigenvalue weighted by Crippen LogP contribution is 2.39. The molecular weight excluding hydrogens is 691 g/mol. The van der Waals surface area contributed by atoms with Crippen LogP contribution in [0, 0.1) is 17.6 Å². The van der Waals surface area contributed by atoms with E-state index in [9.17, 15) is 13.6 Å². The topological polar surface area (TPSA) is 77.1 Å². The van der Waals surface area contributed by atoms with E-state index in [1.807, 2.05) is 84.9 Å². The van der Waals surface area contributed by atoms with Gasteiger partial charge in [0.2, 0.25) is 5.91 Å². The van der Waals surface area contributed by atoms with Crippen LogP contribution in [0.4, 0.5) is 19.3 Å². The van der Waals surface area contributed by atoms with Crippen LogP contribution in [-0.2, 0) is 20.6 Å². The molecule has 0 aliphatic carbocycles. The van der Waals surface area contributed by atoms with Crippen LogP contribution in [0.2, 0.25) is 19.6 Å². The van der Waals surface area contributed by atoms with Crippen molar-refractivity contribution in [3.8, 4) is 5.75 Å². The first-order valence-corrected chi connectivity index (χ1v) is 21.2. The van der Waals surface area contributed by atoms with Gasteiger partial charge in [-0.25, -0.2) is 18.5 Å². The van der Waals surface area contributed by atoms with Gasteiger partial charge in [-0.05, 0) is 103 Å². The van der Waals surface area contributed by atoms with Gasteiger partial charge in [0.05, 0.1) is 18.1 Å². The van der Waals surface area contributed by atoms with Crippen molar-refractivity contribution in [1.82, 2.24) is 4.90 Å². The number of imide groups is 1. The third kappa shape index (κ3) is 9.97. The van der Waals surface area contributed by atoms with Crippen molar-refractivity contribution < 1.29 is 32.3 Å². The van der Waals surface area contributed by atoms with E-state index in [4.69, 9.17) is 13.9 Å². The number of ether oxygens (including phenoxy) is 2. The van der Waals surface area contributed by atoms with Crippen LogP contribution in [0.1, 0.15) is 53.3 Å². The fourth-order valence-electron chi connectivity index (χ4n) is 6.58. The highest BCUT2D eigenvalue weighted by Gasteiger charge is 2.44. The summed E-state index contributed by atoms with van der Waals surface area (Å²) in [5.41, 5.74) is 3.95. The standard InChI is InChI=1S/C43H44F2N2O5Si/c1-53(2,3)52-40(32-14-18-34(44)19-15-32)27-26-38(42(48)47-39(29-51-43(47)49)31-12-8-5-9-13-31)41(46-36-22-20-35(45)21-23-36)33-16-24-37(25-17-33)50-28-30-10-6-4-7-11-30/h4-25,38-41,46H,26-29H2,1-3H3/t38?,39-,40?,41+/m1/s1. The number of carbonyl (C=O) groups excluding carboxylic acids is 2. The molecule has 7 nitrogen and oxygen atoms in total. The summed E-state index contributed by atoms with van der Waals surface area (Å²) >= 11 is 0. The minimum Gasteiger partial charge on any atom is -0.489 e. The first-order chi connectivity index (χ1) is 25.5. The van der Waals surface area contributed by atoms with E-state index in [0.29, 0.717) is 24.5 Å². The van der Waals surface area contributed by atoms with Crippen LogP contribution in [0.5, 0.6) is 5.75 Å². The summed E-state index contributed by atoms with van der Waals surface area (Å²) in [6.45, 7) is 6.66. The second kappa shape index (κ2) is 17.0. The maximum atomic E-state index is 15.0. The second-order valence-corrected chi connectivity index (χ2v) is 18.6. The van der Waals surface area contributed by atoms with E-state index in [1.54, 1.807) is 24.3 Å². The number of nitrogens with one attached hydrogen (secondary N) is 1. The number of amides is 2. The molecule has 2 amide bonds. The maximum absolute atomic E-state index is 15.0. The lowest BCUT2D eigenvalue weighted by atomic mass is 9.85. The van der Waals surface area contributed by atoms with Crippen LogP contribution in [-0.4, -0.2) is 31.8 Å². The van der Waals surface area contributed by atoms with Crippen molar-refractivity contribution in [1.29, 1.82) is 0 Å². The predicted molar refractivity (Wildman–Crippen MR) is 204 cm³/mol. The molecule has 10 heteroatoms. The lowest BCUT2D eigenvalue weighted by Crippen LogP contribution is -2.42. The molecule has 0 bridgehead atoms. The van der Waals surface area contributed by atoms with Gasteiger partial charge in [-0.2, -0.15) is 0 Å². The Bertz CT molecular complexity index is 1940. The van der Waals surface area contributed by atoms with Gasteiger partial charge in [0.15, 0.2) is 8.32 Å². The second-order valence-electron chi connectivity index (χ2n) is 14.1. The summed E-state index contributed by atoms with van der Waals surface area (Å²) in [4.78, 5) is 29.7. The summed E-state index contributed by atoms with van der Waals surface area (Å²) in [5.74, 6) is -1.35. The highest BCUT2D eigenvalue weighted by atomic mass is 28.4. The van der Waals surface area contributed by atoms with E-state index in [1.165, 1.54) is 29.2 Å². The SMILES string of the molecule is C[Si](C)(C)OC(CCC(C(=O)N1C(=O)OC[C@@H]1c1ccccc1)[C@@H](Nc1ccc(F)cc1)c1ccc(OCc2ccccc2)cc1)c1ccc(F)cc1. The van der Waals surface area contributed by atoms with E-state index < -0.39 is 50.2 Å². The Morgan fingerprint density at radius 2 is 1.38 bits per heavy atom. The van der Waals surface area contributed by atoms with Gasteiger partial charge in [-0.1, -0.05) is 84.9 Å². The van der Waals surface area contributed by atoms with Crippen LogP contribution >= 0.6 is 0 Å². The summed E-state index contributed by atoms with van der Waals surface area (Å²) in [5, 5.41) is 3.50. The predicted octanol–water partition coefficient (Wildman–Crippen LogP) is 10.4. The Labute approximate surface area is 310 Å². The third-order valence-corrected chi connectivity index (χ3v) is 10.1. The molecule has 274 valence electrons. The molecule has 0 saturated carbocycles. The third-order valence-electron chi connectivity index (χ3n) is 9.15. The average molecular weight is 735 g/mol. The van der Waals surface area contributed by atoms with Crippen molar-refractivity contribution in [3.05, 3.63) is 167 Å². The maximum Gasteiger partial charge on any atom is 0.417 e. The Morgan fingerprint density at radius 3 is 2.00 bits per heavy atom. The molecule has 53 heavy (non-hydrogen) atoms. The quantitative estimate of drug-likeness (QED) is 0.108. The van der Waals surface area contributed by atoms with Crippen LogP contribution < -0.4 is 10.1 Å². The van der Waals surface area contributed by atoms with Crippen molar-refractivity contribution in [2.75, 3.05) is 11.9 Å². The van der Waals surface area contributed by atoms with Crippen LogP contribution in [0.25, 0.3) is 0 Å². The van der Waals surface area contributed by atoms with Gasteiger partial charge in [0.1, 0.15) is 36.6 Å². The first-order valence-electron chi connectivity index (χ1n) is 17.8. The molecule has 6 rings (SSSR count). The lowest BCUT2D eigenvalue weighted by Gasteiger charge is -2.34. The van der Waals surface area contributed by atoms with E-state index >= 15 is 4.79 Å². The summed E-state index contributed by atoms with van der Waals surface area (Å²) in [6, 6.07) is 37.6. The van der Waals surface area contributed by atoms with Crippen molar-refractivity contribution in [2.24, 2.45) is 5.92 Å². The zero-order valence-corrected chi connectivity index (χ0v) is 31.1. The Morgan fingerprint density at radius 1 is 0.792 bits per heavy atom. The molecule has 0 radical (unpaired) electrons. The van der Waals surface area contributed by atoms with Gasteiger partial charge in [0, 0.05) is 5.69 Å². The van der Waals surface area contributed by atoms with Gasteiger partial charge in [-0.15, -0.1) is 0 Å². The smallest absolute Gasteiger partial charge is 0.417 e. The van der Waals surface area contributed by atoms with Crippen LogP contribution in [0.3, 0.4) is 0 Å². The number of anilines is 1. The molecule has 5 aromatic rings. The van der Waals surface area contributed by atoms with Crippen molar-refractivity contribution in [3.63, 3.8) is 0 Å². The molecule has 4 atom stereocenters. The molecule has 2 unspecified atom stereocenters. The monoisotopic (exact) mass is 734 g/mol. The number of hydrogen-bond acceptors (Lipinski definition) is 6. The number of cyclic esters (lactones) is 1. The van der Waals surface area contributed by atoms with Gasteiger partial charge >= 0.3 is 6.09 Å².